The highest BCUT2D eigenvalue weighted by Gasteiger charge is 2.19. The lowest BCUT2D eigenvalue weighted by atomic mass is 10.1. The second kappa shape index (κ2) is 7.81. The van der Waals surface area contributed by atoms with E-state index in [1.165, 1.54) is 0 Å². The van der Waals surface area contributed by atoms with Crippen molar-refractivity contribution in [2.24, 2.45) is 7.05 Å². The number of nitrogens with zero attached hydrogens (tertiary/aromatic N) is 5. The Labute approximate surface area is 183 Å². The molecule has 0 saturated heterocycles. The van der Waals surface area contributed by atoms with E-state index < -0.39 is 0 Å². The van der Waals surface area contributed by atoms with Gasteiger partial charge in [-0.3, -0.25) is 9.48 Å². The fourth-order valence-electron chi connectivity index (χ4n) is 3.64. The topological polar surface area (TPSA) is 77.6 Å². The van der Waals surface area contributed by atoms with Crippen LogP contribution in [0, 0.1) is 6.92 Å². The molecule has 1 aromatic carbocycles. The maximum atomic E-state index is 13.2. The fraction of sp³-hybridized carbons (Fsp3) is 0.130. The van der Waals surface area contributed by atoms with Crippen molar-refractivity contribution in [1.82, 2.24) is 29.9 Å². The molecule has 0 aliphatic carbocycles. The van der Waals surface area contributed by atoms with Crippen LogP contribution in [-0.4, -0.2) is 30.5 Å². The molecule has 0 bridgehead atoms. The maximum Gasteiger partial charge on any atom is 0.252 e. The van der Waals surface area contributed by atoms with E-state index in [0.717, 1.165) is 32.9 Å². The first kappa shape index (κ1) is 19.2. The lowest BCUT2D eigenvalue weighted by Crippen LogP contribution is -2.23. The van der Waals surface area contributed by atoms with Crippen molar-refractivity contribution in [2.45, 2.75) is 13.5 Å². The average Bonchev–Trinajstić information content (AvgIpc) is 3.55. The molecule has 0 unspecified atom stereocenters. The number of carbonyl (C=O) groups excluding carboxylic acids is 1. The largest absolute Gasteiger partial charge is 0.348 e. The minimum Gasteiger partial charge on any atom is -0.348 e. The average molecular weight is 429 g/mol. The van der Waals surface area contributed by atoms with E-state index >= 15 is 0 Å². The lowest BCUT2D eigenvalue weighted by Gasteiger charge is -2.09. The number of amides is 1. The molecular weight excluding hydrogens is 408 g/mol. The first-order valence-electron chi connectivity index (χ1n) is 9.85. The van der Waals surface area contributed by atoms with Crippen LogP contribution in [0.1, 0.15) is 21.6 Å². The third-order valence-electron chi connectivity index (χ3n) is 5.15. The van der Waals surface area contributed by atoms with E-state index in [4.69, 9.17) is 4.98 Å². The summed E-state index contributed by atoms with van der Waals surface area (Å²) in [4.78, 5) is 19.0. The second-order valence-corrected chi connectivity index (χ2v) is 8.19. The normalized spacial score (nSPS) is 11.2. The molecule has 0 fully saturated rings. The number of nitrogens with one attached hydrogen (secondary N) is 1. The molecule has 0 spiro atoms. The smallest absolute Gasteiger partial charge is 0.252 e. The highest BCUT2D eigenvalue weighted by Crippen LogP contribution is 2.29. The molecule has 1 amide bonds. The van der Waals surface area contributed by atoms with Crippen molar-refractivity contribution >= 4 is 28.3 Å². The summed E-state index contributed by atoms with van der Waals surface area (Å²) in [7, 11) is 1.85. The molecule has 0 aliphatic rings. The summed E-state index contributed by atoms with van der Waals surface area (Å²) in [5.74, 6) is -0.141. The molecule has 1 N–H and O–H groups in total. The fourth-order valence-corrected chi connectivity index (χ4v) is 4.33. The van der Waals surface area contributed by atoms with Gasteiger partial charge in [0.15, 0.2) is 5.65 Å². The Bertz CT molecular complexity index is 1350. The molecule has 0 saturated carbocycles. The van der Waals surface area contributed by atoms with E-state index in [9.17, 15) is 4.79 Å². The molecule has 4 aromatic heterocycles. The Hall–Kier alpha value is -3.78. The minimum absolute atomic E-state index is 0.141. The summed E-state index contributed by atoms with van der Waals surface area (Å²) in [5, 5.41) is 14.5. The van der Waals surface area contributed by atoms with Gasteiger partial charge in [-0.1, -0.05) is 18.2 Å². The van der Waals surface area contributed by atoms with E-state index in [1.54, 1.807) is 26.9 Å². The van der Waals surface area contributed by atoms with E-state index in [2.05, 4.69) is 15.5 Å². The number of hydrogen-bond acceptors (Lipinski definition) is 5. The molecule has 0 aliphatic heterocycles. The number of carbonyl (C=O) groups is 1. The summed E-state index contributed by atoms with van der Waals surface area (Å²) in [5.41, 5.74) is 4.85. The Morgan fingerprint density at radius 2 is 2.00 bits per heavy atom. The van der Waals surface area contributed by atoms with E-state index in [-0.39, 0.29) is 5.91 Å². The van der Waals surface area contributed by atoms with Crippen molar-refractivity contribution in [3.8, 4) is 16.3 Å². The molecule has 31 heavy (non-hydrogen) atoms. The zero-order valence-corrected chi connectivity index (χ0v) is 17.9. The van der Waals surface area contributed by atoms with Crippen LogP contribution in [0.25, 0.3) is 27.3 Å². The van der Waals surface area contributed by atoms with Crippen LogP contribution in [0.4, 0.5) is 0 Å². The van der Waals surface area contributed by atoms with Crippen molar-refractivity contribution in [3.05, 3.63) is 83.1 Å². The summed E-state index contributed by atoms with van der Waals surface area (Å²) >= 11 is 1.60. The highest BCUT2D eigenvalue weighted by molar-refractivity contribution is 7.13. The molecule has 7 nitrogen and oxygen atoms in total. The number of benzene rings is 1. The lowest BCUT2D eigenvalue weighted by molar-refractivity contribution is 0.0952. The van der Waals surface area contributed by atoms with Gasteiger partial charge >= 0.3 is 0 Å². The van der Waals surface area contributed by atoms with Gasteiger partial charge < -0.3 is 5.32 Å². The summed E-state index contributed by atoms with van der Waals surface area (Å²) in [6.07, 6.45) is 3.64. The Morgan fingerprint density at radius 3 is 2.71 bits per heavy atom. The van der Waals surface area contributed by atoms with Gasteiger partial charge in [-0.25, -0.2) is 9.67 Å². The van der Waals surface area contributed by atoms with Gasteiger partial charge in [-0.15, -0.1) is 11.3 Å². The molecule has 154 valence electrons. The van der Waals surface area contributed by atoms with Crippen molar-refractivity contribution in [2.75, 3.05) is 0 Å². The zero-order valence-electron chi connectivity index (χ0n) is 17.1. The summed E-state index contributed by atoms with van der Waals surface area (Å²) < 4.78 is 3.53. The Morgan fingerprint density at radius 1 is 1.16 bits per heavy atom. The van der Waals surface area contributed by atoms with Crippen molar-refractivity contribution < 1.29 is 4.79 Å². The minimum atomic E-state index is -0.141. The Balaban J connectivity index is 1.43. The van der Waals surface area contributed by atoms with Crippen LogP contribution in [0.2, 0.25) is 0 Å². The molecule has 5 aromatic rings. The quantitative estimate of drug-likeness (QED) is 0.457. The van der Waals surface area contributed by atoms with Crippen LogP contribution < -0.4 is 5.32 Å². The number of fused-ring (bicyclic) bond motifs is 1. The molecule has 0 atom stereocenters. The molecular formula is C23H20N6OS. The van der Waals surface area contributed by atoms with Crippen molar-refractivity contribution in [3.63, 3.8) is 0 Å². The monoisotopic (exact) mass is 428 g/mol. The van der Waals surface area contributed by atoms with Gasteiger partial charge in [0.1, 0.15) is 0 Å². The molecule has 8 heteroatoms. The van der Waals surface area contributed by atoms with Crippen LogP contribution in [0.3, 0.4) is 0 Å². The molecule has 5 rings (SSSR count). The predicted octanol–water partition coefficient (Wildman–Crippen LogP) is 4.12. The number of pyridine rings is 1. The van der Waals surface area contributed by atoms with E-state index in [1.807, 2.05) is 74.1 Å². The van der Waals surface area contributed by atoms with Crippen LogP contribution >= 0.6 is 11.3 Å². The van der Waals surface area contributed by atoms with Crippen LogP contribution in [0.15, 0.2) is 66.3 Å². The van der Waals surface area contributed by atoms with Crippen LogP contribution in [0.5, 0.6) is 0 Å². The van der Waals surface area contributed by atoms with Gasteiger partial charge in [0, 0.05) is 26.0 Å². The van der Waals surface area contributed by atoms with E-state index in [0.29, 0.717) is 17.8 Å². The van der Waals surface area contributed by atoms with Gasteiger partial charge in [0.2, 0.25) is 0 Å². The Kier molecular flexibility index (Phi) is 4.83. The first-order valence-corrected chi connectivity index (χ1v) is 10.7. The van der Waals surface area contributed by atoms with Gasteiger partial charge in [0.25, 0.3) is 5.91 Å². The maximum absolute atomic E-state index is 13.2. The molecule has 0 radical (unpaired) electrons. The third kappa shape index (κ3) is 3.62. The van der Waals surface area contributed by atoms with Gasteiger partial charge in [-0.2, -0.15) is 10.2 Å². The summed E-state index contributed by atoms with van der Waals surface area (Å²) in [6.45, 7) is 2.33. The van der Waals surface area contributed by atoms with Crippen LogP contribution in [-0.2, 0) is 13.6 Å². The van der Waals surface area contributed by atoms with Gasteiger partial charge in [-0.05, 0) is 48.2 Å². The number of aryl methyl sites for hydroxylation is 2. The number of hydrogen-bond donors (Lipinski definition) is 1. The third-order valence-corrected chi connectivity index (χ3v) is 6.04. The number of aromatic nitrogens is 5. The summed E-state index contributed by atoms with van der Waals surface area (Å²) in [6, 6.07) is 15.7. The standard InChI is InChI=1S/C23H20N6OS/c1-15-21-18(13-19(20-5-3-12-31-20)26-22(21)28(2)27-15)23(30)24-14-16-6-8-17(9-7-16)29-11-4-10-25-29/h3-13H,14H2,1-2H3,(H,24,30). The van der Waals surface area contributed by atoms with Crippen molar-refractivity contribution in [1.29, 1.82) is 0 Å². The number of thiophene rings is 1. The zero-order chi connectivity index (χ0) is 21.4. The van der Waals surface area contributed by atoms with Gasteiger partial charge in [0.05, 0.1) is 32.9 Å². The molecule has 4 heterocycles. The first-order chi connectivity index (χ1) is 15.1. The number of rotatable bonds is 5. The highest BCUT2D eigenvalue weighted by atomic mass is 32.1. The SMILES string of the molecule is Cc1nn(C)c2nc(-c3cccs3)cc(C(=O)NCc3ccc(-n4cccn4)cc3)c12. The predicted molar refractivity (Wildman–Crippen MR) is 121 cm³/mol. The second-order valence-electron chi connectivity index (χ2n) is 7.24.